The summed E-state index contributed by atoms with van der Waals surface area (Å²) in [6.45, 7) is 0. The third kappa shape index (κ3) is 3.18. The van der Waals surface area contributed by atoms with Gasteiger partial charge in [0.15, 0.2) is 3.83 Å². The summed E-state index contributed by atoms with van der Waals surface area (Å²) in [5, 5.41) is 0. The number of aromatic nitrogens is 2. The van der Waals surface area contributed by atoms with Crippen molar-refractivity contribution in [2.75, 3.05) is 7.11 Å². The number of nitrogens with zero attached hydrogens (tertiary/aromatic N) is 2. The van der Waals surface area contributed by atoms with Crippen LogP contribution in [0.4, 0.5) is 0 Å². The van der Waals surface area contributed by atoms with Crippen LogP contribution in [-0.2, 0) is 16.0 Å². The first kappa shape index (κ1) is 10.8. The molecule has 0 radical (unpaired) electrons. The van der Waals surface area contributed by atoms with Crippen LogP contribution in [0.1, 0.15) is 5.69 Å². The van der Waals surface area contributed by atoms with Crippen molar-refractivity contribution < 1.29 is 9.53 Å². The molecule has 0 fully saturated rings. The van der Waals surface area contributed by atoms with Gasteiger partial charge in [-0.1, -0.05) is 0 Å². The Morgan fingerprint density at radius 1 is 1.77 bits per heavy atom. The lowest BCUT2D eigenvalue weighted by molar-refractivity contribution is -0.139. The van der Waals surface area contributed by atoms with Crippen molar-refractivity contribution in [2.24, 2.45) is 0 Å². The number of ether oxygens (including phenoxy) is 1. The summed E-state index contributed by atoms with van der Waals surface area (Å²) in [6.07, 6.45) is 1.78. The third-order valence-electron chi connectivity index (χ3n) is 1.33. The maximum atomic E-state index is 10.9. The maximum absolute atomic E-state index is 10.9. The van der Waals surface area contributed by atoms with Gasteiger partial charge in [0.2, 0.25) is 0 Å². The zero-order valence-corrected chi connectivity index (χ0v) is 10.5. The molecule has 0 N–H and O–H groups in total. The summed E-state index contributed by atoms with van der Waals surface area (Å²) in [5.41, 5.74) is 0.645. The van der Waals surface area contributed by atoms with Gasteiger partial charge >= 0.3 is 5.97 Å². The van der Waals surface area contributed by atoms with Crippen molar-refractivity contribution in [3.05, 3.63) is 20.2 Å². The number of hydrogen-bond acceptors (Lipinski definition) is 4. The molecule has 1 aromatic rings. The molecule has 0 aliphatic rings. The lowest BCUT2D eigenvalue weighted by atomic mass is 10.3. The number of carbonyl (C=O) groups excluding carboxylic acids is 1. The summed E-state index contributed by atoms with van der Waals surface area (Å²) < 4.78 is 5.86. The molecule has 13 heavy (non-hydrogen) atoms. The van der Waals surface area contributed by atoms with Gasteiger partial charge in [-0.2, -0.15) is 0 Å². The number of esters is 1. The Morgan fingerprint density at radius 3 is 3.08 bits per heavy atom. The van der Waals surface area contributed by atoms with Gasteiger partial charge in [-0.15, -0.1) is 0 Å². The first-order valence-electron chi connectivity index (χ1n) is 3.37. The maximum Gasteiger partial charge on any atom is 0.311 e. The van der Waals surface area contributed by atoms with Gasteiger partial charge in [0.1, 0.15) is 0 Å². The van der Waals surface area contributed by atoms with Gasteiger partial charge in [-0.05, 0) is 15.9 Å². The first-order valence-corrected chi connectivity index (χ1v) is 5.24. The molecule has 1 rings (SSSR count). The van der Waals surface area contributed by atoms with E-state index in [1.54, 1.807) is 6.20 Å². The largest absolute Gasteiger partial charge is 0.469 e. The highest BCUT2D eigenvalue weighted by Crippen LogP contribution is 2.14. The van der Waals surface area contributed by atoms with Crippen LogP contribution in [-0.4, -0.2) is 23.0 Å². The van der Waals surface area contributed by atoms with E-state index in [-0.39, 0.29) is 12.4 Å². The number of carbonyl (C=O) groups is 1. The average molecular weight is 357 g/mol. The van der Waals surface area contributed by atoms with E-state index >= 15 is 0 Å². The van der Waals surface area contributed by atoms with Gasteiger partial charge in [-0.25, -0.2) is 9.97 Å². The van der Waals surface area contributed by atoms with Gasteiger partial charge in [0, 0.05) is 28.8 Å². The molecule has 0 amide bonds. The van der Waals surface area contributed by atoms with Crippen LogP contribution in [0, 0.1) is 3.83 Å². The van der Waals surface area contributed by atoms with Gasteiger partial charge in [-0.3, -0.25) is 4.79 Å². The molecule has 6 heteroatoms. The smallest absolute Gasteiger partial charge is 0.311 e. The molecule has 70 valence electrons. The predicted molar refractivity (Wildman–Crippen MR) is 58.2 cm³/mol. The van der Waals surface area contributed by atoms with Crippen LogP contribution >= 0.6 is 38.5 Å². The highest BCUT2D eigenvalue weighted by molar-refractivity contribution is 14.1. The van der Waals surface area contributed by atoms with Crippen molar-refractivity contribution in [3.8, 4) is 0 Å². The quantitative estimate of drug-likeness (QED) is 0.458. The molecule has 0 saturated carbocycles. The molecule has 0 unspecified atom stereocenters. The van der Waals surface area contributed by atoms with Gasteiger partial charge < -0.3 is 4.74 Å². The Kier molecular flexibility index (Phi) is 4.04. The fraction of sp³-hybridized carbons (Fsp3) is 0.286. The first-order chi connectivity index (χ1) is 6.13. The molecule has 0 saturated heterocycles. The fourth-order valence-corrected chi connectivity index (χ4v) is 1.47. The number of rotatable bonds is 2. The number of methoxy groups -OCH3 is 1. The SMILES string of the molecule is COC(=O)Cc1nc(I)ncc1Br. The summed E-state index contributed by atoms with van der Waals surface area (Å²) in [5.74, 6) is -0.310. The van der Waals surface area contributed by atoms with E-state index in [1.807, 2.05) is 22.6 Å². The Labute approximate surface area is 97.4 Å². The zero-order valence-electron chi connectivity index (χ0n) is 6.75. The number of hydrogen-bond donors (Lipinski definition) is 0. The minimum Gasteiger partial charge on any atom is -0.469 e. The molecule has 4 nitrogen and oxygen atoms in total. The standard InChI is InChI=1S/C7H6BrIN2O2/c1-13-6(12)2-5-4(8)3-10-7(9)11-5/h3H,2H2,1H3. The second kappa shape index (κ2) is 4.85. The molecular formula is C7H6BrIN2O2. The zero-order chi connectivity index (χ0) is 9.84. The Bertz CT molecular complexity index is 332. The lowest BCUT2D eigenvalue weighted by Crippen LogP contribution is -2.08. The molecule has 1 heterocycles. The fourth-order valence-electron chi connectivity index (χ4n) is 0.711. The second-order valence-corrected chi connectivity index (χ2v) is 4.01. The predicted octanol–water partition coefficient (Wildman–Crippen LogP) is 1.56. The van der Waals surface area contributed by atoms with E-state index < -0.39 is 0 Å². The van der Waals surface area contributed by atoms with Crippen LogP contribution < -0.4 is 0 Å². The lowest BCUT2D eigenvalue weighted by Gasteiger charge is -2.01. The van der Waals surface area contributed by atoms with Crippen LogP contribution in [0.2, 0.25) is 0 Å². The van der Waals surface area contributed by atoms with Gasteiger partial charge in [0.05, 0.1) is 23.7 Å². The molecule has 0 spiro atoms. The summed E-state index contributed by atoms with van der Waals surface area (Å²) in [4.78, 5) is 19.0. The average Bonchev–Trinajstić information content (AvgIpc) is 2.11. The van der Waals surface area contributed by atoms with E-state index in [0.717, 1.165) is 4.47 Å². The minimum atomic E-state index is -0.310. The second-order valence-electron chi connectivity index (χ2n) is 2.19. The van der Waals surface area contributed by atoms with Crippen LogP contribution in [0.3, 0.4) is 0 Å². The number of halogens is 2. The normalized spacial score (nSPS) is 9.77. The molecule has 0 atom stereocenters. The Morgan fingerprint density at radius 2 is 2.46 bits per heavy atom. The molecule has 1 aromatic heterocycles. The van der Waals surface area contributed by atoms with Crippen LogP contribution in [0.5, 0.6) is 0 Å². The summed E-state index contributed by atoms with van der Waals surface area (Å²) >= 11 is 5.24. The molecule has 0 aliphatic heterocycles. The van der Waals surface area contributed by atoms with Crippen molar-refractivity contribution in [1.82, 2.24) is 9.97 Å². The minimum absolute atomic E-state index is 0.162. The van der Waals surface area contributed by atoms with E-state index in [9.17, 15) is 4.79 Å². The van der Waals surface area contributed by atoms with E-state index in [2.05, 4.69) is 30.6 Å². The summed E-state index contributed by atoms with van der Waals surface area (Å²) in [7, 11) is 1.35. The highest BCUT2D eigenvalue weighted by atomic mass is 127. The van der Waals surface area contributed by atoms with Crippen molar-refractivity contribution in [1.29, 1.82) is 0 Å². The van der Waals surface area contributed by atoms with E-state index in [4.69, 9.17) is 0 Å². The molecule has 0 bridgehead atoms. The highest BCUT2D eigenvalue weighted by Gasteiger charge is 2.09. The van der Waals surface area contributed by atoms with E-state index in [1.165, 1.54) is 7.11 Å². The monoisotopic (exact) mass is 356 g/mol. The van der Waals surface area contributed by atoms with Crippen molar-refractivity contribution in [3.63, 3.8) is 0 Å². The Balaban J connectivity index is 2.87. The van der Waals surface area contributed by atoms with Crippen LogP contribution in [0.25, 0.3) is 0 Å². The third-order valence-corrected chi connectivity index (χ3v) is 2.51. The van der Waals surface area contributed by atoms with E-state index in [0.29, 0.717) is 9.53 Å². The Hall–Kier alpha value is -0.240. The summed E-state index contributed by atoms with van der Waals surface area (Å²) in [6, 6.07) is 0. The van der Waals surface area contributed by atoms with Crippen LogP contribution in [0.15, 0.2) is 10.7 Å². The van der Waals surface area contributed by atoms with Gasteiger partial charge in [0.25, 0.3) is 0 Å². The molecular weight excluding hydrogens is 351 g/mol. The topological polar surface area (TPSA) is 52.1 Å². The van der Waals surface area contributed by atoms with Crippen molar-refractivity contribution in [2.45, 2.75) is 6.42 Å². The van der Waals surface area contributed by atoms with Crippen molar-refractivity contribution >= 4 is 44.5 Å². The molecule has 0 aromatic carbocycles. The molecule has 0 aliphatic carbocycles.